The zero-order valence-electron chi connectivity index (χ0n) is 17.1. The third-order valence-electron chi connectivity index (χ3n) is 5.88. The lowest BCUT2D eigenvalue weighted by atomic mass is 9.81. The van der Waals surface area contributed by atoms with E-state index in [1.165, 1.54) is 17.2 Å². The summed E-state index contributed by atoms with van der Waals surface area (Å²) in [7, 11) is 0. The highest BCUT2D eigenvalue weighted by Crippen LogP contribution is 2.35. The van der Waals surface area contributed by atoms with Crippen LogP contribution in [0.2, 0.25) is 0 Å². The number of nitrogens with zero attached hydrogens (tertiary/aromatic N) is 3. The molecule has 1 aromatic heterocycles. The molecule has 164 valence electrons. The summed E-state index contributed by atoms with van der Waals surface area (Å²) in [5.41, 5.74) is 6.03. The number of halogens is 1. The molecule has 1 aliphatic carbocycles. The van der Waals surface area contributed by atoms with Gasteiger partial charge in [-0.1, -0.05) is 0 Å². The molecular weight excluding hydrogens is 403 g/mol. The third-order valence-corrected chi connectivity index (χ3v) is 5.88. The molecule has 2 fully saturated rings. The van der Waals surface area contributed by atoms with E-state index >= 15 is 0 Å². The summed E-state index contributed by atoms with van der Waals surface area (Å²) in [5, 5.41) is 1.48. The van der Waals surface area contributed by atoms with E-state index in [0.717, 1.165) is 37.4 Å². The number of hydrogen-bond donors (Lipinski definition) is 1. The van der Waals surface area contributed by atoms with E-state index in [0.29, 0.717) is 19.6 Å². The van der Waals surface area contributed by atoms with Gasteiger partial charge in [-0.2, -0.15) is 0 Å². The number of benzene rings is 1. The smallest absolute Gasteiger partial charge is 0.249 e. The van der Waals surface area contributed by atoms with Crippen molar-refractivity contribution in [1.82, 2.24) is 15.0 Å². The molecule has 4 rings (SSSR count). The van der Waals surface area contributed by atoms with E-state index in [4.69, 9.17) is 15.3 Å². The summed E-state index contributed by atoms with van der Waals surface area (Å²) >= 11 is 0. The lowest BCUT2D eigenvalue weighted by molar-refractivity contribution is -0.183. The van der Waals surface area contributed by atoms with Crippen LogP contribution in [0.4, 0.5) is 4.39 Å². The Morgan fingerprint density at radius 2 is 1.97 bits per heavy atom. The number of primary amides is 1. The van der Waals surface area contributed by atoms with Crippen LogP contribution in [0.1, 0.15) is 54.2 Å². The number of carbonyl (C=O) groups excluding carboxylic acids is 2. The molecular formula is C22H25FN4O4. The Kier molecular flexibility index (Phi) is 6.41. The second kappa shape index (κ2) is 9.38. The number of amides is 2. The average molecular weight is 428 g/mol. The normalized spacial score (nSPS) is 23.5. The average Bonchev–Trinajstić information content (AvgIpc) is 3.28. The molecule has 0 unspecified atom stereocenters. The van der Waals surface area contributed by atoms with Crippen molar-refractivity contribution in [3.05, 3.63) is 53.9 Å². The monoisotopic (exact) mass is 428 g/mol. The van der Waals surface area contributed by atoms with E-state index < -0.39 is 11.7 Å². The standard InChI is InChI=1S/C22H25FN4O4/c23-17-9-16(21(24)28)10-18(11-17)30-13-14-1-3-15(4-2-14)22(29)27-20(5-8-31-27)19-12-25-6-7-26-19/h6-7,9-12,14-15,20H,1-5,8,13H2,(H2,24,28)/t14-,15-,20-/m0/s1. The van der Waals surface area contributed by atoms with Crippen molar-refractivity contribution in [3.8, 4) is 5.75 Å². The summed E-state index contributed by atoms with van der Waals surface area (Å²) in [6.45, 7) is 0.877. The number of hydroxylamine groups is 2. The van der Waals surface area contributed by atoms with Crippen LogP contribution in [0.25, 0.3) is 0 Å². The first kappa shape index (κ1) is 21.2. The minimum Gasteiger partial charge on any atom is -0.493 e. The fourth-order valence-corrected chi connectivity index (χ4v) is 4.20. The van der Waals surface area contributed by atoms with E-state index in [-0.39, 0.29) is 35.1 Å². The van der Waals surface area contributed by atoms with E-state index in [1.54, 1.807) is 18.6 Å². The van der Waals surface area contributed by atoms with Gasteiger partial charge >= 0.3 is 0 Å². The summed E-state index contributed by atoms with van der Waals surface area (Å²) in [5.74, 6) is -0.854. The Bertz CT molecular complexity index is 934. The van der Waals surface area contributed by atoms with Crippen LogP contribution in [-0.2, 0) is 9.63 Å². The SMILES string of the molecule is NC(=O)c1cc(F)cc(OC[C@H]2CC[C@H](C(=O)N3OCC[C@H]3c3cnccn3)CC2)c1. The fraction of sp³-hybridized carbons (Fsp3) is 0.455. The van der Waals surface area contributed by atoms with Gasteiger partial charge in [-0.25, -0.2) is 9.45 Å². The summed E-state index contributed by atoms with van der Waals surface area (Å²) < 4.78 is 19.4. The summed E-state index contributed by atoms with van der Waals surface area (Å²) in [6, 6.07) is 3.56. The molecule has 1 saturated carbocycles. The molecule has 0 radical (unpaired) electrons. The van der Waals surface area contributed by atoms with E-state index in [2.05, 4.69) is 9.97 Å². The Morgan fingerprint density at radius 3 is 2.68 bits per heavy atom. The molecule has 1 saturated heterocycles. The van der Waals surface area contributed by atoms with E-state index in [1.807, 2.05) is 0 Å². The molecule has 1 atom stereocenters. The van der Waals surface area contributed by atoms with Gasteiger partial charge in [0.15, 0.2) is 0 Å². The minimum atomic E-state index is -0.702. The van der Waals surface area contributed by atoms with Gasteiger partial charge in [0.25, 0.3) is 0 Å². The zero-order valence-corrected chi connectivity index (χ0v) is 17.1. The van der Waals surface area contributed by atoms with Crippen LogP contribution in [0.3, 0.4) is 0 Å². The first-order chi connectivity index (χ1) is 15.0. The molecule has 2 aromatic rings. The van der Waals surface area contributed by atoms with Gasteiger partial charge in [-0.15, -0.1) is 0 Å². The van der Waals surface area contributed by atoms with Crippen molar-refractivity contribution in [3.63, 3.8) is 0 Å². The maximum absolute atomic E-state index is 13.6. The van der Waals surface area contributed by atoms with Crippen LogP contribution < -0.4 is 10.5 Å². The first-order valence-electron chi connectivity index (χ1n) is 10.5. The first-order valence-corrected chi connectivity index (χ1v) is 10.5. The number of rotatable bonds is 6. The molecule has 2 amide bonds. The van der Waals surface area contributed by atoms with Crippen LogP contribution in [0.15, 0.2) is 36.8 Å². The minimum absolute atomic E-state index is 0.0104. The second-order valence-corrected chi connectivity index (χ2v) is 8.00. The predicted octanol–water partition coefficient (Wildman–Crippen LogP) is 2.81. The van der Waals surface area contributed by atoms with Crippen molar-refractivity contribution in [1.29, 1.82) is 0 Å². The van der Waals surface area contributed by atoms with Gasteiger partial charge in [0, 0.05) is 36.4 Å². The Labute approximate surface area is 179 Å². The van der Waals surface area contributed by atoms with Crippen molar-refractivity contribution in [2.24, 2.45) is 17.6 Å². The molecule has 31 heavy (non-hydrogen) atoms. The molecule has 0 spiro atoms. The molecule has 8 nitrogen and oxygen atoms in total. The maximum Gasteiger partial charge on any atom is 0.249 e. The van der Waals surface area contributed by atoms with Crippen molar-refractivity contribution in [2.75, 3.05) is 13.2 Å². The van der Waals surface area contributed by atoms with Gasteiger partial charge in [0.2, 0.25) is 11.8 Å². The van der Waals surface area contributed by atoms with E-state index in [9.17, 15) is 14.0 Å². The van der Waals surface area contributed by atoms with Gasteiger partial charge in [-0.3, -0.25) is 24.4 Å². The molecule has 9 heteroatoms. The maximum atomic E-state index is 13.6. The quantitative estimate of drug-likeness (QED) is 0.758. The number of aromatic nitrogens is 2. The lowest BCUT2D eigenvalue weighted by Crippen LogP contribution is -2.37. The van der Waals surface area contributed by atoms with Gasteiger partial charge in [0.05, 0.1) is 25.1 Å². The number of hydrogen-bond acceptors (Lipinski definition) is 6. The lowest BCUT2D eigenvalue weighted by Gasteiger charge is -2.31. The number of nitrogens with two attached hydrogens (primary N) is 1. The molecule has 0 bridgehead atoms. The van der Waals surface area contributed by atoms with Crippen molar-refractivity contribution in [2.45, 2.75) is 38.1 Å². The zero-order chi connectivity index (χ0) is 21.8. The van der Waals surface area contributed by atoms with Gasteiger partial charge in [-0.05, 0) is 43.7 Å². The van der Waals surface area contributed by atoms with Crippen LogP contribution >= 0.6 is 0 Å². The largest absolute Gasteiger partial charge is 0.493 e. The van der Waals surface area contributed by atoms with Gasteiger partial charge in [0.1, 0.15) is 17.6 Å². The van der Waals surface area contributed by atoms with Gasteiger partial charge < -0.3 is 10.5 Å². The molecule has 2 aliphatic rings. The van der Waals surface area contributed by atoms with Crippen molar-refractivity contribution < 1.29 is 23.6 Å². The second-order valence-electron chi connectivity index (χ2n) is 8.00. The predicted molar refractivity (Wildman–Crippen MR) is 108 cm³/mol. The van der Waals surface area contributed by atoms with Crippen LogP contribution in [0, 0.1) is 17.7 Å². The topological polar surface area (TPSA) is 108 Å². The molecule has 2 N–H and O–H groups in total. The Hall–Kier alpha value is -3.07. The van der Waals surface area contributed by atoms with Crippen LogP contribution in [0.5, 0.6) is 5.75 Å². The fourth-order valence-electron chi connectivity index (χ4n) is 4.20. The highest BCUT2D eigenvalue weighted by atomic mass is 19.1. The Morgan fingerprint density at radius 1 is 1.16 bits per heavy atom. The highest BCUT2D eigenvalue weighted by Gasteiger charge is 2.38. The third kappa shape index (κ3) is 4.99. The number of ether oxygens (including phenoxy) is 1. The Balaban J connectivity index is 1.30. The highest BCUT2D eigenvalue weighted by molar-refractivity contribution is 5.93. The molecule has 1 aromatic carbocycles. The molecule has 1 aliphatic heterocycles. The molecule has 2 heterocycles. The number of carbonyl (C=O) groups is 2. The van der Waals surface area contributed by atoms with Crippen molar-refractivity contribution >= 4 is 11.8 Å². The van der Waals surface area contributed by atoms with Crippen LogP contribution in [-0.4, -0.2) is 40.1 Å². The summed E-state index contributed by atoms with van der Waals surface area (Å²) in [6.07, 6.45) is 8.69. The summed E-state index contributed by atoms with van der Waals surface area (Å²) in [4.78, 5) is 38.4.